The lowest BCUT2D eigenvalue weighted by Crippen LogP contribution is -2.15. The molecule has 3 rings (SSSR count). The summed E-state index contributed by atoms with van der Waals surface area (Å²) >= 11 is 0. The molecule has 0 aromatic carbocycles. The quantitative estimate of drug-likeness (QED) is 0.848. The smallest absolute Gasteiger partial charge is 0.399 e. The minimum absolute atomic E-state index is 0.255. The standard InChI is InChI=1S/C11H14N4O2/c1-15-6-10(5-13-15)17-11-14-9(7-16-11)4-12-8-2-3-8/h5-8,12H,2-4H2,1H3. The number of ether oxygens (including phenoxy) is 1. The van der Waals surface area contributed by atoms with E-state index in [1.165, 1.54) is 12.8 Å². The van der Waals surface area contributed by atoms with E-state index in [-0.39, 0.29) is 6.08 Å². The van der Waals surface area contributed by atoms with E-state index in [1.807, 2.05) is 7.05 Å². The molecule has 0 bridgehead atoms. The third-order valence-corrected chi connectivity index (χ3v) is 2.57. The third-order valence-electron chi connectivity index (χ3n) is 2.57. The number of hydrogen-bond acceptors (Lipinski definition) is 5. The van der Waals surface area contributed by atoms with Crippen LogP contribution in [0.15, 0.2) is 23.1 Å². The summed E-state index contributed by atoms with van der Waals surface area (Å²) in [6.07, 6.45) is 7.76. The number of aromatic nitrogens is 3. The Morgan fingerprint density at radius 3 is 3.18 bits per heavy atom. The fraction of sp³-hybridized carbons (Fsp3) is 0.455. The normalized spacial score (nSPS) is 15.1. The Balaban J connectivity index is 1.59. The van der Waals surface area contributed by atoms with Gasteiger partial charge in [0.15, 0.2) is 5.75 Å². The van der Waals surface area contributed by atoms with Crippen molar-refractivity contribution in [2.75, 3.05) is 0 Å². The summed E-state index contributed by atoms with van der Waals surface area (Å²) in [4.78, 5) is 4.23. The molecule has 0 aliphatic heterocycles. The molecule has 2 aromatic rings. The fourth-order valence-electron chi connectivity index (χ4n) is 1.51. The van der Waals surface area contributed by atoms with Crippen LogP contribution in [0.4, 0.5) is 0 Å². The zero-order valence-electron chi connectivity index (χ0n) is 9.59. The van der Waals surface area contributed by atoms with Gasteiger partial charge in [-0.2, -0.15) is 10.1 Å². The summed E-state index contributed by atoms with van der Waals surface area (Å²) < 4.78 is 12.3. The van der Waals surface area contributed by atoms with Gasteiger partial charge in [-0.1, -0.05) is 0 Å². The largest absolute Gasteiger partial charge is 0.417 e. The highest BCUT2D eigenvalue weighted by Gasteiger charge is 2.20. The Morgan fingerprint density at radius 1 is 1.59 bits per heavy atom. The van der Waals surface area contributed by atoms with E-state index in [0.717, 1.165) is 12.2 Å². The molecule has 6 nitrogen and oxygen atoms in total. The van der Waals surface area contributed by atoms with Gasteiger partial charge >= 0.3 is 6.08 Å². The van der Waals surface area contributed by atoms with Crippen molar-refractivity contribution in [2.24, 2.45) is 7.05 Å². The summed E-state index contributed by atoms with van der Waals surface area (Å²) in [6, 6.07) is 0.661. The van der Waals surface area contributed by atoms with Crippen molar-refractivity contribution in [3.8, 4) is 11.8 Å². The molecule has 1 fully saturated rings. The van der Waals surface area contributed by atoms with E-state index >= 15 is 0 Å². The first kappa shape index (κ1) is 10.3. The van der Waals surface area contributed by atoms with Crippen molar-refractivity contribution in [3.63, 3.8) is 0 Å². The van der Waals surface area contributed by atoms with Crippen LogP contribution in [0.2, 0.25) is 0 Å². The van der Waals surface area contributed by atoms with Crippen LogP contribution in [-0.4, -0.2) is 20.8 Å². The summed E-state index contributed by atoms with van der Waals surface area (Å²) in [6.45, 7) is 0.727. The van der Waals surface area contributed by atoms with Crippen molar-refractivity contribution >= 4 is 0 Å². The molecule has 1 N–H and O–H groups in total. The molecule has 0 spiro atoms. The average Bonchev–Trinajstić information content (AvgIpc) is 2.90. The molecular weight excluding hydrogens is 220 g/mol. The molecule has 17 heavy (non-hydrogen) atoms. The van der Waals surface area contributed by atoms with Crippen LogP contribution in [0, 0.1) is 0 Å². The number of aryl methyl sites for hydroxylation is 1. The summed E-state index contributed by atoms with van der Waals surface area (Å²) in [5.74, 6) is 0.621. The monoisotopic (exact) mass is 234 g/mol. The van der Waals surface area contributed by atoms with E-state index in [2.05, 4.69) is 15.4 Å². The van der Waals surface area contributed by atoms with Crippen LogP contribution in [-0.2, 0) is 13.6 Å². The van der Waals surface area contributed by atoms with E-state index in [0.29, 0.717) is 11.8 Å². The Labute approximate surface area is 98.6 Å². The van der Waals surface area contributed by atoms with Gasteiger partial charge in [0.25, 0.3) is 0 Å². The van der Waals surface area contributed by atoms with E-state index < -0.39 is 0 Å². The maximum Gasteiger partial charge on any atom is 0.399 e. The molecule has 1 aliphatic carbocycles. The highest BCUT2D eigenvalue weighted by molar-refractivity contribution is 5.16. The zero-order valence-corrected chi connectivity index (χ0v) is 9.59. The predicted octanol–water partition coefficient (Wildman–Crippen LogP) is 1.45. The van der Waals surface area contributed by atoms with Crippen LogP contribution in [0.3, 0.4) is 0 Å². The van der Waals surface area contributed by atoms with Gasteiger partial charge in [-0.3, -0.25) is 4.68 Å². The molecule has 2 heterocycles. The molecule has 90 valence electrons. The molecule has 2 aromatic heterocycles. The Bertz CT molecular complexity index is 501. The molecule has 0 atom stereocenters. The van der Waals surface area contributed by atoms with Crippen molar-refractivity contribution in [3.05, 3.63) is 24.4 Å². The van der Waals surface area contributed by atoms with Crippen molar-refractivity contribution in [1.82, 2.24) is 20.1 Å². The molecule has 6 heteroatoms. The molecule has 0 amide bonds. The van der Waals surface area contributed by atoms with Gasteiger partial charge in [-0.05, 0) is 12.8 Å². The topological polar surface area (TPSA) is 65.1 Å². The lowest BCUT2D eigenvalue weighted by Gasteiger charge is -1.96. The average molecular weight is 234 g/mol. The molecule has 0 unspecified atom stereocenters. The van der Waals surface area contributed by atoms with Crippen LogP contribution in [0.25, 0.3) is 0 Å². The van der Waals surface area contributed by atoms with Gasteiger partial charge in [0, 0.05) is 19.6 Å². The number of nitrogens with one attached hydrogen (secondary N) is 1. The first-order valence-corrected chi connectivity index (χ1v) is 5.64. The highest BCUT2D eigenvalue weighted by atomic mass is 16.6. The number of rotatable bonds is 5. The van der Waals surface area contributed by atoms with E-state index in [4.69, 9.17) is 9.15 Å². The fourth-order valence-corrected chi connectivity index (χ4v) is 1.51. The first-order chi connectivity index (χ1) is 8.29. The van der Waals surface area contributed by atoms with Gasteiger partial charge in [0.05, 0.1) is 18.1 Å². The lowest BCUT2D eigenvalue weighted by molar-refractivity contribution is 0.330. The zero-order chi connectivity index (χ0) is 11.7. The maximum atomic E-state index is 5.41. The number of oxazole rings is 1. The Kier molecular flexibility index (Phi) is 2.56. The van der Waals surface area contributed by atoms with Crippen LogP contribution in [0.1, 0.15) is 18.5 Å². The predicted molar refractivity (Wildman–Crippen MR) is 59.6 cm³/mol. The minimum Gasteiger partial charge on any atom is -0.417 e. The molecule has 0 saturated heterocycles. The van der Waals surface area contributed by atoms with Gasteiger partial charge in [-0.25, -0.2) is 0 Å². The third kappa shape index (κ3) is 2.65. The Morgan fingerprint density at radius 2 is 2.47 bits per heavy atom. The van der Waals surface area contributed by atoms with Crippen molar-refractivity contribution < 1.29 is 9.15 Å². The van der Waals surface area contributed by atoms with Crippen LogP contribution in [0.5, 0.6) is 11.8 Å². The van der Waals surface area contributed by atoms with Gasteiger partial charge in [0.2, 0.25) is 0 Å². The molecule has 1 aliphatic rings. The second kappa shape index (κ2) is 4.21. The van der Waals surface area contributed by atoms with Crippen molar-refractivity contribution in [2.45, 2.75) is 25.4 Å². The molecule has 0 radical (unpaired) electrons. The van der Waals surface area contributed by atoms with Crippen molar-refractivity contribution in [1.29, 1.82) is 0 Å². The summed E-state index contributed by atoms with van der Waals surface area (Å²) in [5, 5.41) is 7.36. The summed E-state index contributed by atoms with van der Waals surface area (Å²) in [7, 11) is 1.83. The second-order valence-corrected chi connectivity index (χ2v) is 4.21. The SMILES string of the molecule is Cn1cc(Oc2nc(CNC3CC3)co2)cn1. The molecule has 1 saturated carbocycles. The number of hydrogen-bond donors (Lipinski definition) is 1. The maximum absolute atomic E-state index is 5.41. The van der Waals surface area contributed by atoms with Crippen LogP contribution < -0.4 is 10.1 Å². The first-order valence-electron chi connectivity index (χ1n) is 5.64. The van der Waals surface area contributed by atoms with Gasteiger partial charge in [0.1, 0.15) is 6.26 Å². The van der Waals surface area contributed by atoms with E-state index in [9.17, 15) is 0 Å². The Hall–Kier alpha value is -1.82. The second-order valence-electron chi connectivity index (χ2n) is 4.21. The molecular formula is C11H14N4O2. The minimum atomic E-state index is 0.255. The van der Waals surface area contributed by atoms with Gasteiger partial charge < -0.3 is 14.5 Å². The van der Waals surface area contributed by atoms with Gasteiger partial charge in [-0.15, -0.1) is 0 Å². The number of nitrogens with zero attached hydrogens (tertiary/aromatic N) is 3. The highest BCUT2D eigenvalue weighted by Crippen LogP contribution is 2.21. The van der Waals surface area contributed by atoms with Crippen LogP contribution >= 0.6 is 0 Å². The lowest BCUT2D eigenvalue weighted by atomic mass is 10.5. The van der Waals surface area contributed by atoms with E-state index in [1.54, 1.807) is 23.3 Å². The summed E-state index contributed by atoms with van der Waals surface area (Å²) in [5.41, 5.74) is 0.857.